The van der Waals surface area contributed by atoms with Crippen LogP contribution in [0, 0.1) is 11.7 Å². The van der Waals surface area contributed by atoms with Crippen LogP contribution in [0.2, 0.25) is 5.02 Å². The van der Waals surface area contributed by atoms with Gasteiger partial charge in [0.05, 0.1) is 22.7 Å². The van der Waals surface area contributed by atoms with Crippen molar-refractivity contribution < 1.29 is 27.5 Å². The number of nitrogens with zero attached hydrogens (tertiary/aromatic N) is 3. The fourth-order valence-electron chi connectivity index (χ4n) is 4.82. The number of thiazole rings is 1. The number of anilines is 2. The standard InChI is InChI=1S/C22H29ClFN5O3S2.CH2O2/c1-28-9-7-14(13-28)21(30)29(2)19-6-4-3-5-17(19)26-18-12-16(24)20(11-15(18)23)34(31,32)27-22-25-8-10-33-22;2-1-3/h8,10-12,14,17,19,26H,3-7,9,13H2,1-2H3,(H,25,27);1H,(H,2,3)/t14-,17+,19+;/m1./s1. The Hall–Kier alpha value is -2.48. The van der Waals surface area contributed by atoms with Crippen molar-refractivity contribution in [2.24, 2.45) is 5.92 Å². The molecule has 2 fully saturated rings. The summed E-state index contributed by atoms with van der Waals surface area (Å²) in [5, 5.41) is 12.0. The molecular weight excluding hydrogens is 545 g/mol. The van der Waals surface area contributed by atoms with Crippen molar-refractivity contribution in [3.8, 4) is 0 Å². The lowest BCUT2D eigenvalue weighted by molar-refractivity contribution is -0.136. The summed E-state index contributed by atoms with van der Waals surface area (Å²) in [5.41, 5.74) is 0.311. The van der Waals surface area contributed by atoms with E-state index in [0.717, 1.165) is 68.7 Å². The predicted molar refractivity (Wildman–Crippen MR) is 141 cm³/mol. The number of halogens is 2. The largest absolute Gasteiger partial charge is 0.483 e. The topological polar surface area (TPSA) is 132 Å². The Morgan fingerprint density at radius 1 is 1.32 bits per heavy atom. The summed E-state index contributed by atoms with van der Waals surface area (Å²) in [6, 6.07) is 2.05. The van der Waals surface area contributed by atoms with Crippen LogP contribution in [0.15, 0.2) is 28.6 Å². The van der Waals surface area contributed by atoms with E-state index in [1.165, 1.54) is 6.20 Å². The molecule has 1 amide bonds. The first-order valence-electron chi connectivity index (χ1n) is 11.8. The number of likely N-dealkylation sites (N-methyl/N-ethyl adjacent to an activating group) is 1. The minimum absolute atomic E-state index is 0.00608. The third-order valence-electron chi connectivity index (χ3n) is 6.62. The van der Waals surface area contributed by atoms with Crippen LogP contribution in [0.1, 0.15) is 32.1 Å². The summed E-state index contributed by atoms with van der Waals surface area (Å²) in [5.74, 6) is -0.787. The number of sulfonamides is 1. The third-order valence-corrected chi connectivity index (χ3v) is 9.11. The smallest absolute Gasteiger partial charge is 0.290 e. The molecule has 0 bridgehead atoms. The highest BCUT2D eigenvalue weighted by molar-refractivity contribution is 7.93. The molecule has 0 spiro atoms. The normalized spacial score (nSPS) is 22.0. The molecule has 14 heteroatoms. The van der Waals surface area contributed by atoms with Crippen LogP contribution in [0.5, 0.6) is 0 Å². The van der Waals surface area contributed by atoms with E-state index >= 15 is 0 Å². The van der Waals surface area contributed by atoms with E-state index < -0.39 is 20.7 Å². The summed E-state index contributed by atoms with van der Waals surface area (Å²) in [4.78, 5) is 28.8. The van der Waals surface area contributed by atoms with Gasteiger partial charge in [-0.3, -0.25) is 14.3 Å². The number of hydrogen-bond acceptors (Lipinski definition) is 8. The Kier molecular flexibility index (Phi) is 10.1. The van der Waals surface area contributed by atoms with Gasteiger partial charge in [-0.15, -0.1) is 11.3 Å². The van der Waals surface area contributed by atoms with Crippen molar-refractivity contribution in [3.05, 3.63) is 34.5 Å². The van der Waals surface area contributed by atoms with E-state index in [1.807, 2.05) is 19.0 Å². The highest BCUT2D eigenvalue weighted by Crippen LogP contribution is 2.33. The second kappa shape index (κ2) is 12.9. The van der Waals surface area contributed by atoms with Gasteiger partial charge in [0.15, 0.2) is 5.13 Å². The third kappa shape index (κ3) is 7.30. The molecule has 1 aliphatic carbocycles. The number of carbonyl (C=O) groups is 2. The fourth-order valence-corrected chi connectivity index (χ4v) is 6.98. The maximum absolute atomic E-state index is 14.9. The Labute approximate surface area is 224 Å². The molecule has 2 aromatic rings. The zero-order valence-electron chi connectivity index (χ0n) is 20.6. The van der Waals surface area contributed by atoms with Crippen molar-refractivity contribution in [2.75, 3.05) is 37.2 Å². The van der Waals surface area contributed by atoms with Crippen molar-refractivity contribution in [1.82, 2.24) is 14.8 Å². The van der Waals surface area contributed by atoms with Gasteiger partial charge in [0.25, 0.3) is 16.5 Å². The first kappa shape index (κ1) is 29.1. The van der Waals surface area contributed by atoms with Crippen molar-refractivity contribution in [2.45, 2.75) is 49.1 Å². The number of benzene rings is 1. The van der Waals surface area contributed by atoms with Gasteiger partial charge >= 0.3 is 0 Å². The number of carbonyl (C=O) groups excluding carboxylic acids is 1. The molecule has 0 unspecified atom stereocenters. The molecule has 3 N–H and O–H groups in total. The predicted octanol–water partition coefficient (Wildman–Crippen LogP) is 3.57. The van der Waals surface area contributed by atoms with Gasteiger partial charge in [-0.25, -0.2) is 17.8 Å². The molecule has 1 aromatic heterocycles. The average molecular weight is 576 g/mol. The Balaban J connectivity index is 0.00000121. The second-order valence-electron chi connectivity index (χ2n) is 9.11. The van der Waals surface area contributed by atoms with Gasteiger partial charge in [-0.1, -0.05) is 24.4 Å². The van der Waals surface area contributed by atoms with Gasteiger partial charge < -0.3 is 20.2 Å². The maximum atomic E-state index is 14.9. The summed E-state index contributed by atoms with van der Waals surface area (Å²) in [6.45, 7) is 1.42. The number of likely N-dealkylation sites (tertiary alicyclic amines) is 1. The molecule has 204 valence electrons. The van der Waals surface area contributed by atoms with E-state index in [1.54, 1.807) is 5.38 Å². The van der Waals surface area contributed by atoms with Crippen LogP contribution in [0.4, 0.5) is 15.2 Å². The second-order valence-corrected chi connectivity index (χ2v) is 12.1. The molecule has 1 aromatic carbocycles. The number of aromatic nitrogens is 1. The molecule has 1 aliphatic heterocycles. The summed E-state index contributed by atoms with van der Waals surface area (Å²) >= 11 is 7.49. The van der Waals surface area contributed by atoms with Crippen molar-refractivity contribution in [1.29, 1.82) is 0 Å². The van der Waals surface area contributed by atoms with E-state index in [-0.39, 0.29) is 40.5 Å². The van der Waals surface area contributed by atoms with E-state index in [2.05, 4.69) is 19.9 Å². The van der Waals surface area contributed by atoms with Crippen LogP contribution in [-0.4, -0.2) is 80.0 Å². The van der Waals surface area contributed by atoms with Crippen LogP contribution < -0.4 is 10.0 Å². The lowest BCUT2D eigenvalue weighted by atomic mass is 9.88. The van der Waals surface area contributed by atoms with E-state index in [4.69, 9.17) is 21.5 Å². The van der Waals surface area contributed by atoms with E-state index in [0.29, 0.717) is 5.69 Å². The van der Waals surface area contributed by atoms with Crippen LogP contribution in [-0.2, 0) is 19.6 Å². The number of hydrogen-bond donors (Lipinski definition) is 3. The van der Waals surface area contributed by atoms with Gasteiger partial charge in [-0.05, 0) is 45.0 Å². The monoisotopic (exact) mass is 575 g/mol. The minimum Gasteiger partial charge on any atom is -0.483 e. The van der Waals surface area contributed by atoms with Gasteiger partial charge in [0.1, 0.15) is 10.7 Å². The average Bonchev–Trinajstić information content (AvgIpc) is 3.52. The zero-order valence-corrected chi connectivity index (χ0v) is 23.0. The van der Waals surface area contributed by atoms with Crippen LogP contribution >= 0.6 is 22.9 Å². The molecule has 3 atom stereocenters. The summed E-state index contributed by atoms with van der Waals surface area (Å²) < 4.78 is 42.4. The van der Waals surface area contributed by atoms with Gasteiger partial charge in [-0.2, -0.15) is 0 Å². The Morgan fingerprint density at radius 3 is 2.65 bits per heavy atom. The highest BCUT2D eigenvalue weighted by Gasteiger charge is 2.36. The molecule has 4 rings (SSSR count). The molecule has 2 heterocycles. The SMILES string of the molecule is CN1CC[C@@H](C(=O)N(C)[C@H]2CCCC[C@@H]2Nc2cc(F)c(S(=O)(=O)Nc3nccs3)cc2Cl)C1.O=CO. The minimum atomic E-state index is -4.18. The number of nitrogens with one attached hydrogen (secondary N) is 2. The molecule has 2 aliphatic rings. The van der Waals surface area contributed by atoms with Crippen molar-refractivity contribution in [3.63, 3.8) is 0 Å². The van der Waals surface area contributed by atoms with Gasteiger partial charge in [0, 0.05) is 31.2 Å². The van der Waals surface area contributed by atoms with Crippen LogP contribution in [0.25, 0.3) is 0 Å². The lowest BCUT2D eigenvalue weighted by Gasteiger charge is -2.40. The quantitative estimate of drug-likeness (QED) is 0.427. The molecular formula is C23H31ClFN5O5S2. The Morgan fingerprint density at radius 2 is 2.03 bits per heavy atom. The molecule has 1 saturated carbocycles. The molecule has 1 saturated heterocycles. The molecule has 0 radical (unpaired) electrons. The van der Waals surface area contributed by atoms with E-state index in [9.17, 15) is 17.6 Å². The number of amides is 1. The molecule has 37 heavy (non-hydrogen) atoms. The lowest BCUT2D eigenvalue weighted by Crippen LogP contribution is -2.51. The number of carboxylic acid groups (broad SMARTS) is 1. The zero-order chi connectivity index (χ0) is 27.2. The maximum Gasteiger partial charge on any atom is 0.290 e. The van der Waals surface area contributed by atoms with Crippen LogP contribution in [0.3, 0.4) is 0 Å². The first-order chi connectivity index (χ1) is 17.6. The highest BCUT2D eigenvalue weighted by atomic mass is 35.5. The molecule has 10 nitrogen and oxygen atoms in total. The summed E-state index contributed by atoms with van der Waals surface area (Å²) in [7, 11) is -0.322. The number of rotatable bonds is 7. The summed E-state index contributed by atoms with van der Waals surface area (Å²) in [6.07, 6.45) is 5.93. The first-order valence-corrected chi connectivity index (χ1v) is 14.5. The Bertz CT molecular complexity index is 1180. The van der Waals surface area contributed by atoms with Crippen molar-refractivity contribution >= 4 is 56.2 Å². The fraction of sp³-hybridized carbons (Fsp3) is 0.522. The van der Waals surface area contributed by atoms with Gasteiger partial charge in [0.2, 0.25) is 5.91 Å².